The molecule has 2 fully saturated rings. The fourth-order valence-electron chi connectivity index (χ4n) is 4.72. The Hall–Kier alpha value is -1.75. The van der Waals surface area contributed by atoms with E-state index < -0.39 is 0 Å². The minimum Gasteiger partial charge on any atom is -0.493 e. The molecule has 0 spiro atoms. The van der Waals surface area contributed by atoms with Gasteiger partial charge < -0.3 is 20.5 Å². The van der Waals surface area contributed by atoms with Gasteiger partial charge in [-0.05, 0) is 76.0 Å². The molecule has 1 aromatic carbocycles. The van der Waals surface area contributed by atoms with Gasteiger partial charge in [-0.25, -0.2) is 0 Å². The average Bonchev–Trinajstić information content (AvgIpc) is 2.61. The van der Waals surface area contributed by atoms with E-state index in [1.807, 2.05) is 39.0 Å². The third-order valence-electron chi connectivity index (χ3n) is 6.19. The summed E-state index contributed by atoms with van der Waals surface area (Å²) < 4.78 is 11.2. The zero-order chi connectivity index (χ0) is 19.6. The number of methoxy groups -OCH3 is 1. The first-order valence-electron chi connectivity index (χ1n) is 10.3. The van der Waals surface area contributed by atoms with Crippen LogP contribution in [0.15, 0.2) is 18.2 Å². The van der Waals surface area contributed by atoms with E-state index in [1.54, 1.807) is 7.11 Å². The highest BCUT2D eigenvalue weighted by Crippen LogP contribution is 2.42. The van der Waals surface area contributed by atoms with Crippen molar-refractivity contribution >= 4 is 5.91 Å². The van der Waals surface area contributed by atoms with Crippen LogP contribution in [-0.4, -0.2) is 25.2 Å². The van der Waals surface area contributed by atoms with Crippen LogP contribution in [0.2, 0.25) is 0 Å². The van der Waals surface area contributed by atoms with Crippen molar-refractivity contribution in [3.8, 4) is 11.5 Å². The van der Waals surface area contributed by atoms with Crippen molar-refractivity contribution in [1.29, 1.82) is 0 Å². The van der Waals surface area contributed by atoms with Crippen LogP contribution >= 0.6 is 0 Å². The molecule has 0 saturated heterocycles. The molecule has 2 saturated carbocycles. The lowest BCUT2D eigenvalue weighted by molar-refractivity contribution is -0.128. The molecule has 27 heavy (non-hydrogen) atoms. The summed E-state index contributed by atoms with van der Waals surface area (Å²) >= 11 is 0. The number of benzene rings is 1. The van der Waals surface area contributed by atoms with Gasteiger partial charge in [0.05, 0.1) is 19.3 Å². The standard InChI is InChI=1S/C22H34N2O3/c1-13(2)27-19-9-8-15(12-20(19)26-4)14(3)24-22(25)18-10-16-6-5-7-17(11-18)21(16)23/h8-9,12-14,16-18,21H,5-7,10-11,23H2,1-4H3,(H,24,25). The highest BCUT2D eigenvalue weighted by atomic mass is 16.5. The number of carbonyl (C=O) groups is 1. The minimum absolute atomic E-state index is 0.0741. The number of hydrogen-bond acceptors (Lipinski definition) is 4. The van der Waals surface area contributed by atoms with Crippen LogP contribution in [0.25, 0.3) is 0 Å². The number of rotatable bonds is 6. The minimum atomic E-state index is -0.0741. The fraction of sp³-hybridized carbons (Fsp3) is 0.682. The summed E-state index contributed by atoms with van der Waals surface area (Å²) in [6.07, 6.45) is 5.55. The van der Waals surface area contributed by atoms with Crippen molar-refractivity contribution in [2.45, 2.75) is 71.1 Å². The molecule has 3 unspecified atom stereocenters. The summed E-state index contributed by atoms with van der Waals surface area (Å²) in [4.78, 5) is 12.9. The molecule has 1 aromatic rings. The van der Waals surface area contributed by atoms with Crippen LogP contribution in [0.3, 0.4) is 0 Å². The van der Waals surface area contributed by atoms with Crippen molar-refractivity contribution in [3.63, 3.8) is 0 Å². The van der Waals surface area contributed by atoms with Crippen molar-refractivity contribution in [3.05, 3.63) is 23.8 Å². The molecular formula is C22H34N2O3. The van der Waals surface area contributed by atoms with E-state index >= 15 is 0 Å². The fourth-order valence-corrected chi connectivity index (χ4v) is 4.72. The second-order valence-corrected chi connectivity index (χ2v) is 8.50. The predicted molar refractivity (Wildman–Crippen MR) is 107 cm³/mol. The van der Waals surface area contributed by atoms with Crippen molar-refractivity contribution in [1.82, 2.24) is 5.32 Å². The first-order valence-corrected chi connectivity index (χ1v) is 10.3. The van der Waals surface area contributed by atoms with Crippen LogP contribution in [0.4, 0.5) is 0 Å². The SMILES string of the molecule is COc1cc(C(C)NC(=O)C2CC3CCCC(C2)C3N)ccc1OC(C)C. The lowest BCUT2D eigenvalue weighted by Gasteiger charge is -2.43. The van der Waals surface area contributed by atoms with Crippen LogP contribution in [0.5, 0.6) is 11.5 Å². The Balaban J connectivity index is 1.64. The summed E-state index contributed by atoms with van der Waals surface area (Å²) in [6.45, 7) is 5.99. The first kappa shape index (κ1) is 20.0. The van der Waals surface area contributed by atoms with Crippen molar-refractivity contribution < 1.29 is 14.3 Å². The molecule has 150 valence electrons. The molecule has 0 heterocycles. The van der Waals surface area contributed by atoms with E-state index in [2.05, 4.69) is 5.32 Å². The number of nitrogens with one attached hydrogen (secondary N) is 1. The molecule has 1 amide bonds. The average molecular weight is 375 g/mol. The second kappa shape index (κ2) is 8.51. The lowest BCUT2D eigenvalue weighted by atomic mass is 9.65. The van der Waals surface area contributed by atoms with Crippen molar-refractivity contribution in [2.24, 2.45) is 23.5 Å². The molecule has 3 atom stereocenters. The Morgan fingerprint density at radius 1 is 1.15 bits per heavy atom. The summed E-state index contributed by atoms with van der Waals surface area (Å²) in [5.41, 5.74) is 7.38. The zero-order valence-electron chi connectivity index (χ0n) is 17.0. The summed E-state index contributed by atoms with van der Waals surface area (Å²) in [5.74, 6) is 2.69. The largest absolute Gasteiger partial charge is 0.493 e. The van der Waals surface area contributed by atoms with Gasteiger partial charge in [0, 0.05) is 12.0 Å². The normalized spacial score (nSPS) is 28.5. The second-order valence-electron chi connectivity index (χ2n) is 8.50. The monoisotopic (exact) mass is 374 g/mol. The highest BCUT2D eigenvalue weighted by molar-refractivity contribution is 5.79. The van der Waals surface area contributed by atoms with E-state index in [0.29, 0.717) is 17.6 Å². The molecule has 0 aromatic heterocycles. The third-order valence-corrected chi connectivity index (χ3v) is 6.19. The van der Waals surface area contributed by atoms with Gasteiger partial charge >= 0.3 is 0 Å². The number of hydrogen-bond donors (Lipinski definition) is 2. The molecular weight excluding hydrogens is 340 g/mol. The number of carbonyl (C=O) groups excluding carboxylic acids is 1. The first-order chi connectivity index (χ1) is 12.9. The van der Waals surface area contributed by atoms with Crippen LogP contribution in [0, 0.1) is 17.8 Å². The smallest absolute Gasteiger partial charge is 0.223 e. The highest BCUT2D eigenvalue weighted by Gasteiger charge is 2.40. The summed E-state index contributed by atoms with van der Waals surface area (Å²) in [5, 5.41) is 3.21. The number of nitrogens with two attached hydrogens (primary N) is 1. The summed E-state index contributed by atoms with van der Waals surface area (Å²) in [6, 6.07) is 6.08. The van der Waals surface area contributed by atoms with Gasteiger partial charge in [-0.15, -0.1) is 0 Å². The molecule has 0 radical (unpaired) electrons. The quantitative estimate of drug-likeness (QED) is 0.794. The Labute approximate surface area is 163 Å². The van der Waals surface area contributed by atoms with Crippen LogP contribution < -0.4 is 20.5 Å². The Morgan fingerprint density at radius 2 is 1.81 bits per heavy atom. The molecule has 3 rings (SSSR count). The van der Waals surface area contributed by atoms with E-state index in [1.165, 1.54) is 19.3 Å². The van der Waals surface area contributed by atoms with Gasteiger partial charge in [0.15, 0.2) is 11.5 Å². The molecule has 2 aliphatic rings. The van der Waals surface area contributed by atoms with E-state index in [9.17, 15) is 4.79 Å². The number of amides is 1. The predicted octanol–water partition coefficient (Wildman–Crippen LogP) is 3.81. The third kappa shape index (κ3) is 4.57. The van der Waals surface area contributed by atoms with Gasteiger partial charge in [0.1, 0.15) is 0 Å². The number of fused-ring (bicyclic) bond motifs is 2. The zero-order valence-corrected chi connectivity index (χ0v) is 17.0. The molecule has 3 N–H and O–H groups in total. The maximum absolute atomic E-state index is 12.9. The van der Waals surface area contributed by atoms with Gasteiger partial charge in [0.2, 0.25) is 5.91 Å². The molecule has 5 heteroatoms. The van der Waals surface area contributed by atoms with Gasteiger partial charge in [-0.1, -0.05) is 12.5 Å². The molecule has 2 bridgehead atoms. The maximum Gasteiger partial charge on any atom is 0.223 e. The van der Waals surface area contributed by atoms with Gasteiger partial charge in [-0.2, -0.15) is 0 Å². The topological polar surface area (TPSA) is 73.6 Å². The Kier molecular flexibility index (Phi) is 6.30. The van der Waals surface area contributed by atoms with Gasteiger partial charge in [0.25, 0.3) is 0 Å². The Bertz CT molecular complexity index is 647. The van der Waals surface area contributed by atoms with Crippen LogP contribution in [-0.2, 0) is 4.79 Å². The van der Waals surface area contributed by atoms with Crippen molar-refractivity contribution in [2.75, 3.05) is 7.11 Å². The van der Waals surface area contributed by atoms with E-state index in [0.717, 1.165) is 24.2 Å². The molecule has 0 aliphatic heterocycles. The maximum atomic E-state index is 12.9. The van der Waals surface area contributed by atoms with Crippen LogP contribution in [0.1, 0.15) is 64.5 Å². The number of ether oxygens (including phenoxy) is 2. The van der Waals surface area contributed by atoms with Gasteiger partial charge in [-0.3, -0.25) is 4.79 Å². The summed E-state index contributed by atoms with van der Waals surface area (Å²) in [7, 11) is 1.64. The lowest BCUT2D eigenvalue weighted by Crippen LogP contribution is -2.49. The Morgan fingerprint density at radius 3 is 2.41 bits per heavy atom. The molecule has 2 aliphatic carbocycles. The van der Waals surface area contributed by atoms with E-state index in [4.69, 9.17) is 15.2 Å². The van der Waals surface area contributed by atoms with E-state index in [-0.39, 0.29) is 30.0 Å². The molecule has 5 nitrogen and oxygen atoms in total.